The molecule has 140 valence electrons. The van der Waals surface area contributed by atoms with E-state index in [4.69, 9.17) is 9.47 Å². The zero-order valence-corrected chi connectivity index (χ0v) is 15.8. The van der Waals surface area contributed by atoms with Gasteiger partial charge >= 0.3 is 11.9 Å². The molecule has 0 bridgehead atoms. The van der Waals surface area contributed by atoms with Gasteiger partial charge in [-0.2, -0.15) is 0 Å². The molecule has 26 heavy (non-hydrogen) atoms. The summed E-state index contributed by atoms with van der Waals surface area (Å²) < 4.78 is 9.79. The summed E-state index contributed by atoms with van der Waals surface area (Å²) in [6.07, 6.45) is 7.01. The van der Waals surface area contributed by atoms with Crippen LogP contribution in [0.1, 0.15) is 38.8 Å². The van der Waals surface area contributed by atoms with Crippen LogP contribution in [0.4, 0.5) is 0 Å². The summed E-state index contributed by atoms with van der Waals surface area (Å²) >= 11 is 0. The first-order valence-electron chi connectivity index (χ1n) is 8.54. The minimum Gasteiger partial charge on any atom is -0.466 e. The van der Waals surface area contributed by atoms with Crippen LogP contribution in [-0.2, 0) is 30.9 Å². The van der Waals surface area contributed by atoms with Gasteiger partial charge in [0.05, 0.1) is 25.0 Å². The molecule has 0 aliphatic carbocycles. The molecule has 0 atom stereocenters. The van der Waals surface area contributed by atoms with Crippen molar-refractivity contribution < 1.29 is 19.1 Å². The number of rotatable bonds is 6. The maximum atomic E-state index is 11.6. The lowest BCUT2D eigenvalue weighted by molar-refractivity contribution is -0.148. The van der Waals surface area contributed by atoms with E-state index < -0.39 is 5.41 Å². The van der Waals surface area contributed by atoms with Crippen molar-refractivity contribution in [2.45, 2.75) is 39.5 Å². The third kappa shape index (κ3) is 7.01. The van der Waals surface area contributed by atoms with E-state index in [9.17, 15) is 9.59 Å². The Balaban J connectivity index is 0.000000263. The van der Waals surface area contributed by atoms with Gasteiger partial charge in [0, 0.05) is 24.8 Å². The molecule has 6 nitrogen and oxygen atoms in total. The Bertz CT molecular complexity index is 673. The second-order valence-corrected chi connectivity index (χ2v) is 5.92. The molecule has 0 radical (unpaired) electrons. The lowest BCUT2D eigenvalue weighted by Gasteiger charge is -2.22. The van der Waals surface area contributed by atoms with Gasteiger partial charge < -0.3 is 9.47 Å². The number of nitrogens with zero attached hydrogens (tertiary/aromatic N) is 2. The molecule has 0 spiro atoms. The van der Waals surface area contributed by atoms with Crippen molar-refractivity contribution in [3.05, 3.63) is 60.2 Å². The minimum atomic E-state index is -0.598. The van der Waals surface area contributed by atoms with E-state index in [1.165, 1.54) is 0 Å². The van der Waals surface area contributed by atoms with E-state index in [1.54, 1.807) is 50.8 Å². The predicted molar refractivity (Wildman–Crippen MR) is 98.5 cm³/mol. The predicted octanol–water partition coefficient (Wildman–Crippen LogP) is 3.11. The van der Waals surface area contributed by atoms with Crippen molar-refractivity contribution in [2.24, 2.45) is 0 Å². The molecular weight excluding hydrogens is 332 g/mol. The van der Waals surface area contributed by atoms with Gasteiger partial charge in [-0.15, -0.1) is 0 Å². The fourth-order valence-corrected chi connectivity index (χ4v) is 2.08. The van der Waals surface area contributed by atoms with E-state index in [0.717, 1.165) is 11.1 Å². The zero-order chi connectivity index (χ0) is 19.4. The summed E-state index contributed by atoms with van der Waals surface area (Å²) in [5.41, 5.74) is 1.26. The van der Waals surface area contributed by atoms with E-state index in [2.05, 4.69) is 9.97 Å². The van der Waals surface area contributed by atoms with Crippen LogP contribution in [-0.4, -0.2) is 35.1 Å². The number of ether oxygens (including phenoxy) is 2. The number of hydrogen-bond donors (Lipinski definition) is 0. The van der Waals surface area contributed by atoms with Crippen LogP contribution >= 0.6 is 0 Å². The van der Waals surface area contributed by atoms with Crippen LogP contribution in [0.15, 0.2) is 49.1 Å². The first-order valence-corrected chi connectivity index (χ1v) is 8.54. The minimum absolute atomic E-state index is 0.191. The molecule has 6 heteroatoms. The SMILES string of the molecule is CCOC(=O)C(C)(C)c1ccncc1.CCOC(=O)Cc1ccncc1. The molecule has 0 saturated heterocycles. The molecule has 0 fully saturated rings. The van der Waals surface area contributed by atoms with Crippen molar-refractivity contribution in [1.82, 2.24) is 9.97 Å². The third-order valence-electron chi connectivity index (χ3n) is 3.59. The Hall–Kier alpha value is -2.76. The molecule has 2 aromatic heterocycles. The first-order chi connectivity index (χ1) is 12.4. The van der Waals surface area contributed by atoms with Gasteiger partial charge in [-0.3, -0.25) is 19.6 Å². The van der Waals surface area contributed by atoms with Crippen molar-refractivity contribution in [3.63, 3.8) is 0 Å². The molecule has 0 amide bonds. The summed E-state index contributed by atoms with van der Waals surface area (Å²) in [6, 6.07) is 7.27. The summed E-state index contributed by atoms with van der Waals surface area (Å²) in [7, 11) is 0. The number of aromatic nitrogens is 2. The highest BCUT2D eigenvalue weighted by atomic mass is 16.5. The second kappa shape index (κ2) is 11.0. The van der Waals surface area contributed by atoms with Crippen LogP contribution in [0.5, 0.6) is 0 Å². The van der Waals surface area contributed by atoms with E-state index in [-0.39, 0.29) is 11.9 Å². The molecule has 0 aliphatic rings. The normalized spacial score (nSPS) is 10.3. The van der Waals surface area contributed by atoms with Gasteiger partial charge in [0.25, 0.3) is 0 Å². The lowest BCUT2D eigenvalue weighted by Crippen LogP contribution is -2.31. The average Bonchev–Trinajstić information content (AvgIpc) is 2.64. The monoisotopic (exact) mass is 358 g/mol. The van der Waals surface area contributed by atoms with Gasteiger partial charge in [-0.1, -0.05) is 0 Å². The average molecular weight is 358 g/mol. The van der Waals surface area contributed by atoms with Crippen molar-refractivity contribution in [3.8, 4) is 0 Å². The number of esters is 2. The summed E-state index contributed by atoms with van der Waals surface area (Å²) in [4.78, 5) is 30.4. The molecule has 0 N–H and O–H groups in total. The topological polar surface area (TPSA) is 78.4 Å². The smallest absolute Gasteiger partial charge is 0.315 e. The Morgan fingerprint density at radius 1 is 0.885 bits per heavy atom. The maximum absolute atomic E-state index is 11.6. The van der Waals surface area contributed by atoms with Gasteiger partial charge in [0.2, 0.25) is 0 Å². The quantitative estimate of drug-likeness (QED) is 0.738. The molecule has 0 aliphatic heterocycles. The Labute approximate surface area is 154 Å². The largest absolute Gasteiger partial charge is 0.466 e. The summed E-state index contributed by atoms with van der Waals surface area (Å²) in [6.45, 7) is 8.14. The van der Waals surface area contributed by atoms with Crippen LogP contribution in [0.2, 0.25) is 0 Å². The van der Waals surface area contributed by atoms with Gasteiger partial charge in [0.15, 0.2) is 0 Å². The molecule has 2 heterocycles. The number of hydrogen-bond acceptors (Lipinski definition) is 6. The number of carbonyl (C=O) groups excluding carboxylic acids is 2. The van der Waals surface area contributed by atoms with Crippen LogP contribution in [0, 0.1) is 0 Å². The highest BCUT2D eigenvalue weighted by molar-refractivity contribution is 5.82. The van der Waals surface area contributed by atoms with Crippen molar-refractivity contribution in [1.29, 1.82) is 0 Å². The van der Waals surface area contributed by atoms with Gasteiger partial charge in [0.1, 0.15) is 0 Å². The highest BCUT2D eigenvalue weighted by Crippen LogP contribution is 2.23. The zero-order valence-electron chi connectivity index (χ0n) is 15.8. The van der Waals surface area contributed by atoms with Crippen LogP contribution in [0.3, 0.4) is 0 Å². The Morgan fingerprint density at radius 2 is 1.38 bits per heavy atom. The van der Waals surface area contributed by atoms with Crippen LogP contribution in [0.25, 0.3) is 0 Å². The lowest BCUT2D eigenvalue weighted by atomic mass is 9.85. The second-order valence-electron chi connectivity index (χ2n) is 5.92. The molecule has 2 rings (SSSR count). The van der Waals surface area contributed by atoms with E-state index >= 15 is 0 Å². The summed E-state index contributed by atoms with van der Waals surface area (Å²) in [5, 5.41) is 0. The standard InChI is InChI=1S/C11H15NO2.C9H11NO2/c1-4-14-10(13)11(2,3)9-5-7-12-8-6-9;1-2-12-9(11)7-8-3-5-10-6-4-8/h5-8H,4H2,1-3H3;3-6H,2,7H2,1H3. The van der Waals surface area contributed by atoms with Crippen molar-refractivity contribution in [2.75, 3.05) is 13.2 Å². The Kier molecular flexibility index (Phi) is 8.98. The molecule has 0 saturated carbocycles. The fourth-order valence-electron chi connectivity index (χ4n) is 2.08. The molecule has 0 unspecified atom stereocenters. The third-order valence-corrected chi connectivity index (χ3v) is 3.59. The van der Waals surface area contributed by atoms with Crippen LogP contribution < -0.4 is 0 Å². The number of carbonyl (C=O) groups is 2. The van der Waals surface area contributed by atoms with Gasteiger partial charge in [-0.25, -0.2) is 0 Å². The molecule has 2 aromatic rings. The molecular formula is C20H26N2O4. The maximum Gasteiger partial charge on any atom is 0.315 e. The summed E-state index contributed by atoms with van der Waals surface area (Å²) in [5.74, 6) is -0.394. The Morgan fingerprint density at radius 3 is 1.88 bits per heavy atom. The highest BCUT2D eigenvalue weighted by Gasteiger charge is 2.30. The van der Waals surface area contributed by atoms with E-state index in [0.29, 0.717) is 19.6 Å². The van der Waals surface area contributed by atoms with E-state index in [1.807, 2.05) is 26.0 Å². The van der Waals surface area contributed by atoms with Crippen molar-refractivity contribution >= 4 is 11.9 Å². The first kappa shape index (κ1) is 21.3. The van der Waals surface area contributed by atoms with Gasteiger partial charge in [-0.05, 0) is 63.1 Å². The fraction of sp³-hybridized carbons (Fsp3) is 0.400. The number of pyridine rings is 2. The molecule has 0 aromatic carbocycles.